The van der Waals surface area contributed by atoms with E-state index in [1.807, 2.05) is 72.8 Å². The molecule has 4 heteroatoms. The summed E-state index contributed by atoms with van der Waals surface area (Å²) in [5.41, 5.74) is 3.41. The van der Waals surface area contributed by atoms with Crippen LogP contribution in [0.15, 0.2) is 84.9 Å². The van der Waals surface area contributed by atoms with Crippen molar-refractivity contribution in [1.82, 2.24) is 4.98 Å². The van der Waals surface area contributed by atoms with Gasteiger partial charge in [0.2, 0.25) is 0 Å². The summed E-state index contributed by atoms with van der Waals surface area (Å²) in [6.45, 7) is 0.189. The van der Waals surface area contributed by atoms with E-state index in [2.05, 4.69) is 4.98 Å². The predicted octanol–water partition coefficient (Wildman–Crippen LogP) is 5.18. The molecule has 0 atom stereocenters. The third-order valence-corrected chi connectivity index (χ3v) is 4.35. The smallest absolute Gasteiger partial charge is 0.339 e. The number of ether oxygens (including phenoxy) is 1. The molecule has 0 radical (unpaired) electrons. The van der Waals surface area contributed by atoms with Crippen LogP contribution >= 0.6 is 0 Å². The van der Waals surface area contributed by atoms with Crippen molar-refractivity contribution >= 4 is 16.9 Å². The van der Waals surface area contributed by atoms with Crippen molar-refractivity contribution in [1.29, 1.82) is 0 Å². The number of aromatic nitrogens is 1. The Kier molecular flexibility index (Phi) is 4.54. The number of aromatic carboxylic acids is 1. The van der Waals surface area contributed by atoms with Crippen molar-refractivity contribution in [3.05, 3.63) is 96.2 Å². The molecular weight excluding hydrogens is 338 g/mol. The highest BCUT2D eigenvalue weighted by molar-refractivity contribution is 5.94. The van der Waals surface area contributed by atoms with E-state index in [4.69, 9.17) is 4.74 Å². The van der Waals surface area contributed by atoms with E-state index in [9.17, 15) is 9.90 Å². The van der Waals surface area contributed by atoms with Gasteiger partial charge < -0.3 is 9.84 Å². The van der Waals surface area contributed by atoms with Gasteiger partial charge in [-0.15, -0.1) is 0 Å². The van der Waals surface area contributed by atoms with Crippen molar-refractivity contribution in [2.75, 3.05) is 0 Å². The normalized spacial score (nSPS) is 10.7. The monoisotopic (exact) mass is 355 g/mol. The maximum Gasteiger partial charge on any atom is 0.339 e. The molecule has 1 aromatic heterocycles. The Morgan fingerprint density at radius 2 is 1.63 bits per heavy atom. The molecule has 4 nitrogen and oxygen atoms in total. The first-order chi connectivity index (χ1) is 13.2. The van der Waals surface area contributed by atoms with E-state index in [1.165, 1.54) is 0 Å². The quantitative estimate of drug-likeness (QED) is 0.536. The molecule has 0 aliphatic carbocycles. The van der Waals surface area contributed by atoms with Gasteiger partial charge in [0.25, 0.3) is 0 Å². The van der Waals surface area contributed by atoms with Gasteiger partial charge in [-0.25, -0.2) is 9.78 Å². The average molecular weight is 355 g/mol. The molecule has 0 saturated carbocycles. The first-order valence-electron chi connectivity index (χ1n) is 8.61. The molecule has 0 aliphatic heterocycles. The lowest BCUT2D eigenvalue weighted by Crippen LogP contribution is -2.06. The fraction of sp³-hybridized carbons (Fsp3) is 0.0435. The lowest BCUT2D eigenvalue weighted by Gasteiger charge is -2.14. The molecule has 4 aromatic rings. The highest BCUT2D eigenvalue weighted by Crippen LogP contribution is 2.34. The number of carboxylic acids is 1. The van der Waals surface area contributed by atoms with Gasteiger partial charge in [-0.3, -0.25) is 0 Å². The first kappa shape index (κ1) is 16.8. The average Bonchev–Trinajstić information content (AvgIpc) is 2.72. The Hall–Kier alpha value is -3.66. The highest BCUT2D eigenvalue weighted by atomic mass is 16.5. The number of nitrogens with zero attached hydrogens (tertiary/aromatic N) is 1. The van der Waals surface area contributed by atoms with Crippen LogP contribution in [0.1, 0.15) is 16.1 Å². The summed E-state index contributed by atoms with van der Waals surface area (Å²) in [5.74, 6) is -0.666. The molecule has 1 heterocycles. The molecule has 1 N–H and O–H groups in total. The minimum Gasteiger partial charge on any atom is -0.486 e. The molecule has 0 fully saturated rings. The number of benzene rings is 3. The van der Waals surface area contributed by atoms with Gasteiger partial charge in [0, 0.05) is 10.9 Å². The van der Waals surface area contributed by atoms with Crippen LogP contribution in [0.2, 0.25) is 0 Å². The van der Waals surface area contributed by atoms with E-state index in [0.29, 0.717) is 5.75 Å². The van der Waals surface area contributed by atoms with Crippen molar-refractivity contribution in [2.24, 2.45) is 0 Å². The van der Waals surface area contributed by atoms with Crippen LogP contribution in [0.3, 0.4) is 0 Å². The van der Waals surface area contributed by atoms with E-state index in [-0.39, 0.29) is 12.2 Å². The lowest BCUT2D eigenvalue weighted by molar-refractivity contribution is 0.0692. The number of hydrogen-bond donors (Lipinski definition) is 1. The minimum atomic E-state index is -1.02. The summed E-state index contributed by atoms with van der Waals surface area (Å²) in [5, 5.41) is 10.6. The van der Waals surface area contributed by atoms with Crippen LogP contribution in [0, 0.1) is 0 Å². The summed E-state index contributed by atoms with van der Waals surface area (Å²) in [6, 6.07) is 26.5. The van der Waals surface area contributed by atoms with Crippen molar-refractivity contribution in [3.8, 4) is 16.9 Å². The summed E-state index contributed by atoms with van der Waals surface area (Å²) >= 11 is 0. The van der Waals surface area contributed by atoms with Crippen LogP contribution in [0.4, 0.5) is 0 Å². The fourth-order valence-electron chi connectivity index (χ4n) is 3.04. The van der Waals surface area contributed by atoms with Gasteiger partial charge in [0.1, 0.15) is 17.9 Å². The maximum absolute atomic E-state index is 11.7. The molecule has 3 aromatic carbocycles. The van der Waals surface area contributed by atoms with E-state index < -0.39 is 5.97 Å². The third-order valence-electron chi connectivity index (χ3n) is 4.35. The Morgan fingerprint density at radius 3 is 2.44 bits per heavy atom. The zero-order chi connectivity index (χ0) is 18.6. The Morgan fingerprint density at radius 1 is 0.852 bits per heavy atom. The van der Waals surface area contributed by atoms with Gasteiger partial charge in [-0.1, -0.05) is 66.7 Å². The third kappa shape index (κ3) is 3.51. The molecular formula is C23H17NO3. The number of carboxylic acid groups (broad SMARTS) is 1. The van der Waals surface area contributed by atoms with Gasteiger partial charge in [-0.2, -0.15) is 0 Å². The predicted molar refractivity (Wildman–Crippen MR) is 105 cm³/mol. The SMILES string of the molecule is O=C(O)c1cccc(-c2ccccc2)c1OCc1ccc2ccccc2n1. The molecule has 0 bridgehead atoms. The van der Waals surface area contributed by atoms with Crippen LogP contribution < -0.4 is 4.74 Å². The standard InChI is InChI=1S/C23H17NO3/c25-23(26)20-11-6-10-19(16-7-2-1-3-8-16)22(20)27-15-18-14-13-17-9-4-5-12-21(17)24-18/h1-14H,15H2,(H,25,26). The van der Waals surface area contributed by atoms with Crippen LogP contribution in [-0.4, -0.2) is 16.1 Å². The number of rotatable bonds is 5. The lowest BCUT2D eigenvalue weighted by atomic mass is 10.0. The number of pyridine rings is 1. The number of para-hydroxylation sites is 2. The second-order valence-corrected chi connectivity index (χ2v) is 6.14. The molecule has 27 heavy (non-hydrogen) atoms. The van der Waals surface area contributed by atoms with Crippen molar-refractivity contribution in [3.63, 3.8) is 0 Å². The van der Waals surface area contributed by atoms with Crippen molar-refractivity contribution in [2.45, 2.75) is 6.61 Å². The first-order valence-corrected chi connectivity index (χ1v) is 8.61. The topological polar surface area (TPSA) is 59.4 Å². The Bertz CT molecular complexity index is 1110. The van der Waals surface area contributed by atoms with Crippen LogP contribution in [0.25, 0.3) is 22.0 Å². The molecule has 132 valence electrons. The summed E-state index contributed by atoms with van der Waals surface area (Å²) < 4.78 is 5.98. The molecule has 4 rings (SSSR count). The van der Waals surface area contributed by atoms with E-state index >= 15 is 0 Å². The minimum absolute atomic E-state index is 0.136. The Labute approximate surface area is 156 Å². The molecule has 0 unspecified atom stereocenters. The van der Waals surface area contributed by atoms with Gasteiger partial charge in [-0.05, 0) is 23.8 Å². The van der Waals surface area contributed by atoms with Crippen LogP contribution in [-0.2, 0) is 6.61 Å². The Balaban J connectivity index is 1.70. The van der Waals surface area contributed by atoms with Gasteiger partial charge >= 0.3 is 5.97 Å². The molecule has 0 saturated heterocycles. The van der Waals surface area contributed by atoms with E-state index in [1.54, 1.807) is 12.1 Å². The van der Waals surface area contributed by atoms with Crippen molar-refractivity contribution < 1.29 is 14.6 Å². The zero-order valence-corrected chi connectivity index (χ0v) is 14.5. The maximum atomic E-state index is 11.7. The number of fused-ring (bicyclic) bond motifs is 1. The van der Waals surface area contributed by atoms with Gasteiger partial charge in [0.15, 0.2) is 0 Å². The highest BCUT2D eigenvalue weighted by Gasteiger charge is 2.17. The molecule has 0 amide bonds. The zero-order valence-electron chi connectivity index (χ0n) is 14.5. The van der Waals surface area contributed by atoms with Gasteiger partial charge in [0.05, 0.1) is 11.2 Å². The second kappa shape index (κ2) is 7.30. The molecule has 0 spiro atoms. The second-order valence-electron chi connectivity index (χ2n) is 6.14. The summed E-state index contributed by atoms with van der Waals surface area (Å²) in [6.07, 6.45) is 0. The number of hydrogen-bond acceptors (Lipinski definition) is 3. The largest absolute Gasteiger partial charge is 0.486 e. The fourth-order valence-corrected chi connectivity index (χ4v) is 3.04. The summed E-state index contributed by atoms with van der Waals surface area (Å²) in [4.78, 5) is 16.3. The molecule has 0 aliphatic rings. The summed E-state index contributed by atoms with van der Waals surface area (Å²) in [7, 11) is 0. The van der Waals surface area contributed by atoms with Crippen LogP contribution in [0.5, 0.6) is 5.75 Å². The number of carbonyl (C=O) groups is 1. The van der Waals surface area contributed by atoms with E-state index in [0.717, 1.165) is 27.7 Å².